The average molecular weight is 653 g/mol. The van der Waals surface area contributed by atoms with Gasteiger partial charge < -0.3 is 14.3 Å². The summed E-state index contributed by atoms with van der Waals surface area (Å²) in [5.41, 5.74) is 0. The van der Waals surface area contributed by atoms with Crippen LogP contribution in [0.5, 0.6) is 0 Å². The van der Waals surface area contributed by atoms with Crippen molar-refractivity contribution < 1.29 is 23.9 Å². The molecular formula is C40H64O5Si. The van der Waals surface area contributed by atoms with Crippen LogP contribution in [0.1, 0.15) is 150 Å². The lowest BCUT2D eigenvalue weighted by Crippen LogP contribution is -2.67. The molecule has 0 aliphatic carbocycles. The Morgan fingerprint density at radius 2 is 1.11 bits per heavy atom. The van der Waals surface area contributed by atoms with E-state index >= 15 is 0 Å². The highest BCUT2D eigenvalue weighted by Crippen LogP contribution is 2.38. The smallest absolute Gasteiger partial charge is 0.305 e. The van der Waals surface area contributed by atoms with Crippen LogP contribution in [-0.4, -0.2) is 38.1 Å². The molecule has 1 unspecified atom stereocenters. The van der Waals surface area contributed by atoms with E-state index in [2.05, 4.69) is 88.4 Å². The second-order valence-electron chi connectivity index (χ2n) is 14.0. The molecular weight excluding hydrogens is 589 g/mol. The van der Waals surface area contributed by atoms with Gasteiger partial charge >= 0.3 is 11.9 Å². The molecule has 0 aliphatic heterocycles. The van der Waals surface area contributed by atoms with Crippen LogP contribution in [0, 0.1) is 0 Å². The number of rotatable bonds is 26. The van der Waals surface area contributed by atoms with Crippen molar-refractivity contribution in [3.8, 4) is 0 Å². The summed E-state index contributed by atoms with van der Waals surface area (Å²) in [6.07, 6.45) is 19.2. The molecule has 5 nitrogen and oxygen atoms in total. The van der Waals surface area contributed by atoms with Gasteiger partial charge in [0, 0.05) is 18.9 Å². The number of ether oxygens (including phenoxy) is 1. The minimum Gasteiger partial charge on any atom is -0.481 e. The number of carboxylic acids is 1. The predicted octanol–water partition coefficient (Wildman–Crippen LogP) is 9.99. The Kier molecular flexibility index (Phi) is 19.8. The predicted molar refractivity (Wildman–Crippen MR) is 194 cm³/mol. The van der Waals surface area contributed by atoms with E-state index in [1.807, 2.05) is 0 Å². The molecule has 0 spiro atoms. The number of carbonyl (C=O) groups excluding carboxylic acids is 1. The number of hydrogen-bond donors (Lipinski definition) is 1. The normalized spacial score (nSPS) is 12.6. The summed E-state index contributed by atoms with van der Waals surface area (Å²) in [6.45, 7) is 9.72. The van der Waals surface area contributed by atoms with Crippen LogP contribution in [0.15, 0.2) is 60.7 Å². The van der Waals surface area contributed by atoms with Gasteiger partial charge in [0.15, 0.2) is 0 Å². The first kappa shape index (κ1) is 39.7. The molecule has 2 aromatic rings. The van der Waals surface area contributed by atoms with Crippen LogP contribution in [0.25, 0.3) is 0 Å². The quantitative estimate of drug-likeness (QED) is 0.0622. The first-order valence-corrected chi connectivity index (χ1v) is 20.3. The molecule has 0 saturated heterocycles. The molecule has 258 valence electrons. The maximum absolute atomic E-state index is 12.4. The fourth-order valence-corrected chi connectivity index (χ4v) is 11.3. The van der Waals surface area contributed by atoms with Crippen molar-refractivity contribution in [3.05, 3.63) is 60.7 Å². The monoisotopic (exact) mass is 652 g/mol. The van der Waals surface area contributed by atoms with Crippen molar-refractivity contribution >= 4 is 30.6 Å². The van der Waals surface area contributed by atoms with Crippen molar-refractivity contribution in [3.63, 3.8) is 0 Å². The third-order valence-electron chi connectivity index (χ3n) is 9.09. The number of esters is 1. The van der Waals surface area contributed by atoms with E-state index < -0.39 is 14.3 Å². The van der Waals surface area contributed by atoms with Crippen molar-refractivity contribution in [1.82, 2.24) is 0 Å². The van der Waals surface area contributed by atoms with Gasteiger partial charge in [0.25, 0.3) is 8.32 Å². The summed E-state index contributed by atoms with van der Waals surface area (Å²) in [6, 6.07) is 21.5. The Morgan fingerprint density at radius 3 is 1.59 bits per heavy atom. The number of unbranched alkanes of at least 4 members (excludes halogenated alkanes) is 12. The minimum absolute atomic E-state index is 0.0646. The van der Waals surface area contributed by atoms with E-state index in [4.69, 9.17) is 14.3 Å². The van der Waals surface area contributed by atoms with Crippen LogP contribution in [0.2, 0.25) is 5.04 Å². The molecule has 0 aromatic heterocycles. The largest absolute Gasteiger partial charge is 0.481 e. The molecule has 0 saturated carbocycles. The highest BCUT2D eigenvalue weighted by Gasteiger charge is 2.51. The van der Waals surface area contributed by atoms with Crippen LogP contribution >= 0.6 is 0 Å². The molecule has 0 amide bonds. The molecule has 2 rings (SSSR count). The molecule has 1 atom stereocenters. The Hall–Kier alpha value is -2.44. The van der Waals surface area contributed by atoms with Gasteiger partial charge in [0.05, 0.1) is 6.61 Å². The second kappa shape index (κ2) is 23.0. The zero-order valence-corrected chi connectivity index (χ0v) is 30.6. The molecule has 6 heteroatoms. The molecule has 0 aliphatic rings. The lowest BCUT2D eigenvalue weighted by molar-refractivity contribution is -0.144. The van der Waals surface area contributed by atoms with E-state index in [-0.39, 0.29) is 23.5 Å². The average Bonchev–Trinajstić information content (AvgIpc) is 3.03. The molecule has 0 heterocycles. The first-order chi connectivity index (χ1) is 22.2. The minimum atomic E-state index is -2.69. The molecule has 46 heavy (non-hydrogen) atoms. The fourth-order valence-electron chi connectivity index (χ4n) is 6.52. The van der Waals surface area contributed by atoms with E-state index in [9.17, 15) is 9.59 Å². The maximum atomic E-state index is 12.4. The SMILES string of the molecule is CCCCCCCCCCCOC(=O)CCCCCC(CCCCCC(=O)O)O[Si](c1ccccc1)(c1ccccc1)C(C)(C)C. The topological polar surface area (TPSA) is 72.8 Å². The van der Waals surface area contributed by atoms with Crippen LogP contribution in [0.4, 0.5) is 0 Å². The summed E-state index contributed by atoms with van der Waals surface area (Å²) in [7, 11) is -2.69. The fraction of sp³-hybridized carbons (Fsp3) is 0.650. The van der Waals surface area contributed by atoms with Gasteiger partial charge in [0.2, 0.25) is 0 Å². The van der Waals surface area contributed by atoms with E-state index in [0.717, 1.165) is 57.8 Å². The Labute approximate surface area is 282 Å². The van der Waals surface area contributed by atoms with Crippen LogP contribution in [-0.2, 0) is 18.8 Å². The molecule has 0 fully saturated rings. The zero-order chi connectivity index (χ0) is 33.5. The summed E-state index contributed by atoms with van der Waals surface area (Å²) < 4.78 is 13.0. The lowest BCUT2D eigenvalue weighted by Gasteiger charge is -2.45. The van der Waals surface area contributed by atoms with Gasteiger partial charge in [-0.1, -0.05) is 165 Å². The molecule has 0 radical (unpaired) electrons. The van der Waals surface area contributed by atoms with Crippen molar-refractivity contribution in [2.24, 2.45) is 0 Å². The highest BCUT2D eigenvalue weighted by molar-refractivity contribution is 6.99. The van der Waals surface area contributed by atoms with E-state index in [1.54, 1.807) is 0 Å². The summed E-state index contributed by atoms with van der Waals surface area (Å²) in [5, 5.41) is 11.5. The van der Waals surface area contributed by atoms with Gasteiger partial charge in [-0.25, -0.2) is 0 Å². The second-order valence-corrected chi connectivity index (χ2v) is 18.3. The Bertz CT molecular complexity index is 1030. The third kappa shape index (κ3) is 15.0. The standard InChI is InChI=1S/C40H64O5Si/c1-5-6-7-8-9-10-11-12-25-34-44-39(43)33-24-14-18-27-35(26-17-13-23-32-38(41)42)45-46(40(2,3)4,36-28-19-15-20-29-36)37-30-21-16-22-31-37/h15-16,19-22,28-31,35H,5-14,17-18,23-27,32-34H2,1-4H3,(H,41,42). The number of aliphatic carboxylic acids is 1. The van der Waals surface area contributed by atoms with Crippen molar-refractivity contribution in [2.45, 2.75) is 161 Å². The zero-order valence-electron chi connectivity index (χ0n) is 29.6. The van der Waals surface area contributed by atoms with Crippen LogP contribution in [0.3, 0.4) is 0 Å². The van der Waals surface area contributed by atoms with Gasteiger partial charge in [-0.3, -0.25) is 9.59 Å². The summed E-state index contributed by atoms with van der Waals surface area (Å²) >= 11 is 0. The molecule has 1 N–H and O–H groups in total. The van der Waals surface area contributed by atoms with E-state index in [1.165, 1.54) is 55.3 Å². The summed E-state index contributed by atoms with van der Waals surface area (Å²) in [5.74, 6) is -0.801. The Balaban J connectivity index is 1.93. The maximum Gasteiger partial charge on any atom is 0.305 e. The molecule has 2 aromatic carbocycles. The molecule has 0 bridgehead atoms. The highest BCUT2D eigenvalue weighted by atomic mass is 28.4. The van der Waals surface area contributed by atoms with E-state index in [0.29, 0.717) is 19.4 Å². The number of hydrogen-bond acceptors (Lipinski definition) is 4. The first-order valence-electron chi connectivity index (χ1n) is 18.4. The Morgan fingerprint density at radius 1 is 0.652 bits per heavy atom. The lowest BCUT2D eigenvalue weighted by atomic mass is 10.0. The number of carboxylic acid groups (broad SMARTS) is 1. The van der Waals surface area contributed by atoms with Crippen LogP contribution < -0.4 is 10.4 Å². The summed E-state index contributed by atoms with van der Waals surface area (Å²) in [4.78, 5) is 23.4. The van der Waals surface area contributed by atoms with Gasteiger partial charge in [-0.2, -0.15) is 0 Å². The van der Waals surface area contributed by atoms with Crippen molar-refractivity contribution in [2.75, 3.05) is 6.61 Å². The number of carbonyl (C=O) groups is 2. The van der Waals surface area contributed by atoms with Gasteiger partial charge in [-0.05, 0) is 47.5 Å². The number of benzene rings is 2. The van der Waals surface area contributed by atoms with Gasteiger partial charge in [-0.15, -0.1) is 0 Å². The third-order valence-corrected chi connectivity index (χ3v) is 14.2. The van der Waals surface area contributed by atoms with Crippen molar-refractivity contribution in [1.29, 1.82) is 0 Å². The van der Waals surface area contributed by atoms with Gasteiger partial charge in [0.1, 0.15) is 0 Å².